The lowest BCUT2D eigenvalue weighted by Gasteiger charge is -2.16. The maximum absolute atomic E-state index is 11.1. The average molecular weight is 309 g/mol. The smallest absolute Gasteiger partial charge is 0.352 e. The molecule has 2 atom stereocenters. The summed E-state index contributed by atoms with van der Waals surface area (Å²) in [7, 11) is -4.23. The van der Waals surface area contributed by atoms with Crippen molar-refractivity contribution in [2.24, 2.45) is 0 Å². The van der Waals surface area contributed by atoms with E-state index in [2.05, 4.69) is 9.51 Å². The predicted molar refractivity (Wildman–Crippen MR) is 68.6 cm³/mol. The molecule has 0 saturated carbocycles. The van der Waals surface area contributed by atoms with Gasteiger partial charge in [0.25, 0.3) is 5.56 Å². The summed E-state index contributed by atoms with van der Waals surface area (Å²) in [6, 6.07) is 1.34. The topological polar surface area (TPSA) is 117 Å². The van der Waals surface area contributed by atoms with E-state index < -0.39 is 8.17 Å². The van der Waals surface area contributed by atoms with Crippen LogP contribution in [0, 0.1) is 4.77 Å². The Balaban J connectivity index is 1.98. The molecule has 19 heavy (non-hydrogen) atoms. The Labute approximate surface area is 113 Å². The molecular weight excluding hydrogens is 295 g/mol. The van der Waals surface area contributed by atoms with E-state index in [0.29, 0.717) is 12.8 Å². The van der Waals surface area contributed by atoms with Crippen molar-refractivity contribution in [3.05, 3.63) is 27.4 Å². The van der Waals surface area contributed by atoms with Gasteiger partial charge in [-0.25, -0.2) is 0 Å². The highest BCUT2D eigenvalue weighted by Crippen LogP contribution is 2.46. The van der Waals surface area contributed by atoms with Crippen LogP contribution in [0.4, 0.5) is 0 Å². The minimum Gasteiger partial charge on any atom is -0.352 e. The monoisotopic (exact) mass is 309 g/mol. The molecule has 0 amide bonds. The van der Waals surface area contributed by atoms with E-state index in [1.165, 1.54) is 12.3 Å². The summed E-state index contributed by atoms with van der Waals surface area (Å²) in [5, 5.41) is 0. The molecule has 0 aromatic carbocycles. The highest BCUT2D eigenvalue weighted by Gasteiger charge is 2.36. The summed E-state index contributed by atoms with van der Waals surface area (Å²) in [5.74, 6) is 0. The van der Waals surface area contributed by atoms with Gasteiger partial charge in [-0.15, -0.1) is 0 Å². The van der Waals surface area contributed by atoms with E-state index in [1.54, 1.807) is 4.57 Å². The van der Waals surface area contributed by atoms with E-state index in [9.17, 15) is 4.79 Å². The number of nitrogens with one attached hydrogen (secondary N) is 1. The van der Waals surface area contributed by atoms with Crippen molar-refractivity contribution in [1.82, 2.24) is 9.55 Å². The first-order chi connectivity index (χ1) is 8.85. The molecule has 1 aromatic heterocycles. The second-order valence-electron chi connectivity index (χ2n) is 4.12. The lowest BCUT2D eigenvalue weighted by atomic mass is 10.2. The van der Waals surface area contributed by atoms with Gasteiger partial charge in [-0.1, -0.05) is 0 Å². The van der Waals surface area contributed by atoms with Gasteiger partial charge in [-0.2, -0.15) is 19.2 Å². The van der Waals surface area contributed by atoms with Crippen molar-refractivity contribution in [2.75, 3.05) is 6.61 Å². The molecule has 1 aliphatic heterocycles. The number of aromatic amines is 1. The van der Waals surface area contributed by atoms with Gasteiger partial charge in [0.1, 0.15) is 12.8 Å². The number of rotatable bonds is 4. The summed E-state index contributed by atoms with van der Waals surface area (Å²) in [4.78, 5) is 39.7. The van der Waals surface area contributed by atoms with Gasteiger partial charge in [0, 0.05) is 12.3 Å². The third kappa shape index (κ3) is 4.15. The summed E-state index contributed by atoms with van der Waals surface area (Å²) < 4.78 is 12.0. The third-order valence-corrected chi connectivity index (χ3v) is 3.49. The highest BCUT2D eigenvalue weighted by atomic mass is 32.1. The Kier molecular flexibility index (Phi) is 4.46. The Morgan fingerprint density at radius 3 is 2.89 bits per heavy atom. The van der Waals surface area contributed by atoms with E-state index in [1.807, 2.05) is 0 Å². The largest absolute Gasteiger partial charge is 0.567 e. The van der Waals surface area contributed by atoms with Gasteiger partial charge in [0.05, 0.1) is 6.10 Å². The lowest BCUT2D eigenvalue weighted by molar-refractivity contribution is -0.0263. The fourth-order valence-corrected chi connectivity index (χ4v) is 2.50. The molecule has 0 aliphatic carbocycles. The highest BCUT2D eigenvalue weighted by molar-refractivity contribution is 7.71. The standard InChI is InChI=1S/C9H13N2O6PS/c12-7-3-4-11(9(19)10-7)8-2-1-6(17-8)5-16-18(13,14)15/h3-4,6,8,13-15H,1-2,5H2/p+1. The van der Waals surface area contributed by atoms with Gasteiger partial charge < -0.3 is 4.74 Å². The number of hydrogen-bond acceptors (Lipinski definition) is 7. The SMILES string of the molecule is O=c1ccn(C2CCC(CO[P+](O)(O)O)O2)c(=S)[nH]1. The molecule has 4 N–H and O–H groups in total. The molecule has 1 aliphatic rings. The molecule has 0 radical (unpaired) electrons. The Bertz CT molecular complexity index is 553. The van der Waals surface area contributed by atoms with E-state index in [4.69, 9.17) is 31.6 Å². The Morgan fingerprint density at radius 2 is 2.26 bits per heavy atom. The third-order valence-electron chi connectivity index (χ3n) is 2.68. The minimum absolute atomic E-state index is 0.121. The molecule has 2 unspecified atom stereocenters. The second kappa shape index (κ2) is 5.76. The molecular formula is C9H14N2O6PS+. The fourth-order valence-electron chi connectivity index (χ4n) is 1.85. The number of hydrogen-bond donors (Lipinski definition) is 4. The summed E-state index contributed by atoms with van der Waals surface area (Å²) in [6.45, 7) is -0.121. The van der Waals surface area contributed by atoms with Crippen LogP contribution in [0.1, 0.15) is 19.1 Å². The number of nitrogens with zero attached hydrogens (tertiary/aromatic N) is 1. The van der Waals surface area contributed by atoms with Gasteiger partial charge in [-0.05, 0) is 25.1 Å². The Morgan fingerprint density at radius 1 is 1.53 bits per heavy atom. The van der Waals surface area contributed by atoms with Crippen LogP contribution < -0.4 is 5.56 Å². The first kappa shape index (κ1) is 14.7. The minimum atomic E-state index is -4.23. The first-order valence-electron chi connectivity index (χ1n) is 5.54. The van der Waals surface area contributed by atoms with Crippen molar-refractivity contribution < 1.29 is 23.9 Å². The molecule has 0 spiro atoms. The molecule has 2 heterocycles. The predicted octanol–water partition coefficient (Wildman–Crippen LogP) is 0.255. The van der Waals surface area contributed by atoms with Crippen LogP contribution in [-0.2, 0) is 9.26 Å². The molecule has 1 fully saturated rings. The van der Waals surface area contributed by atoms with Crippen molar-refractivity contribution in [3.8, 4) is 0 Å². The van der Waals surface area contributed by atoms with Gasteiger partial charge >= 0.3 is 8.17 Å². The Hall–Kier alpha value is -0.670. The molecule has 1 aromatic rings. The van der Waals surface area contributed by atoms with E-state index in [0.717, 1.165) is 0 Å². The normalized spacial score (nSPS) is 23.7. The quantitative estimate of drug-likeness (QED) is 0.465. The fraction of sp³-hybridized carbons (Fsp3) is 0.556. The summed E-state index contributed by atoms with van der Waals surface area (Å²) in [5.41, 5.74) is -0.283. The van der Waals surface area contributed by atoms with Crippen molar-refractivity contribution in [1.29, 1.82) is 0 Å². The van der Waals surface area contributed by atoms with Crippen LogP contribution in [0.2, 0.25) is 0 Å². The number of H-pyrrole nitrogens is 1. The molecule has 2 rings (SSSR count). The van der Waals surface area contributed by atoms with Crippen LogP contribution in [0.15, 0.2) is 17.1 Å². The number of aromatic nitrogens is 2. The van der Waals surface area contributed by atoms with E-state index >= 15 is 0 Å². The molecule has 10 heteroatoms. The van der Waals surface area contributed by atoms with Crippen LogP contribution in [-0.4, -0.2) is 36.9 Å². The average Bonchev–Trinajstić information content (AvgIpc) is 2.74. The van der Waals surface area contributed by atoms with Gasteiger partial charge in [0.2, 0.25) is 0 Å². The zero-order chi connectivity index (χ0) is 14.0. The van der Waals surface area contributed by atoms with Crippen LogP contribution in [0.25, 0.3) is 0 Å². The summed E-state index contributed by atoms with van der Waals surface area (Å²) >= 11 is 5.02. The van der Waals surface area contributed by atoms with Crippen LogP contribution in [0.5, 0.6) is 0 Å². The van der Waals surface area contributed by atoms with Crippen LogP contribution in [0.3, 0.4) is 0 Å². The molecule has 0 bridgehead atoms. The second-order valence-corrected chi connectivity index (χ2v) is 5.79. The molecule has 1 saturated heterocycles. The van der Waals surface area contributed by atoms with Crippen molar-refractivity contribution in [2.45, 2.75) is 25.2 Å². The summed E-state index contributed by atoms with van der Waals surface area (Å²) in [6.07, 6.45) is 2.08. The lowest BCUT2D eigenvalue weighted by Crippen LogP contribution is -2.19. The maximum Gasteiger partial charge on any atom is 0.567 e. The molecule has 8 nitrogen and oxygen atoms in total. The van der Waals surface area contributed by atoms with Gasteiger partial charge in [0.15, 0.2) is 4.77 Å². The molecule has 106 valence electrons. The van der Waals surface area contributed by atoms with Crippen molar-refractivity contribution in [3.63, 3.8) is 0 Å². The number of ether oxygens (including phenoxy) is 1. The van der Waals surface area contributed by atoms with Crippen LogP contribution >= 0.6 is 20.4 Å². The van der Waals surface area contributed by atoms with Gasteiger partial charge in [-0.3, -0.25) is 14.3 Å². The first-order valence-corrected chi connectivity index (χ1v) is 7.51. The van der Waals surface area contributed by atoms with E-state index in [-0.39, 0.29) is 29.3 Å². The van der Waals surface area contributed by atoms with Crippen molar-refractivity contribution >= 4 is 20.4 Å². The zero-order valence-electron chi connectivity index (χ0n) is 9.80. The maximum atomic E-state index is 11.1. The zero-order valence-corrected chi connectivity index (χ0v) is 11.5.